The van der Waals surface area contributed by atoms with Crippen molar-refractivity contribution in [2.24, 2.45) is 0 Å². The van der Waals surface area contributed by atoms with Crippen LogP contribution in [0.4, 0.5) is 4.79 Å². The molecule has 0 saturated carbocycles. The average Bonchev–Trinajstić information content (AvgIpc) is 2.42. The molecule has 0 radical (unpaired) electrons. The standard InChI is InChI=1S/C15H29NO4/c1-3-5-6-7-8-9-10-11-12-20-15(19)16-13(4-2)14(17)18/h13H,3-12H2,1-2H3,(H,16,19)(H,17,18)/t13-/m0/s1. The van der Waals surface area contributed by atoms with Gasteiger partial charge in [0.25, 0.3) is 0 Å². The molecule has 0 rings (SSSR count). The van der Waals surface area contributed by atoms with Crippen molar-refractivity contribution >= 4 is 12.1 Å². The summed E-state index contributed by atoms with van der Waals surface area (Å²) < 4.78 is 4.96. The number of rotatable bonds is 12. The molecule has 5 nitrogen and oxygen atoms in total. The molecule has 0 saturated heterocycles. The van der Waals surface area contributed by atoms with Crippen molar-refractivity contribution in [1.82, 2.24) is 5.32 Å². The third-order valence-electron chi connectivity index (χ3n) is 3.23. The maximum atomic E-state index is 11.3. The van der Waals surface area contributed by atoms with Gasteiger partial charge in [-0.3, -0.25) is 0 Å². The molecule has 0 spiro atoms. The monoisotopic (exact) mass is 287 g/mol. The second kappa shape index (κ2) is 12.8. The van der Waals surface area contributed by atoms with Crippen LogP contribution in [0.25, 0.3) is 0 Å². The van der Waals surface area contributed by atoms with Crippen LogP contribution >= 0.6 is 0 Å². The van der Waals surface area contributed by atoms with E-state index in [1.165, 1.54) is 38.5 Å². The van der Waals surface area contributed by atoms with E-state index in [2.05, 4.69) is 12.2 Å². The van der Waals surface area contributed by atoms with Gasteiger partial charge in [0.05, 0.1) is 6.61 Å². The lowest BCUT2D eigenvalue weighted by Crippen LogP contribution is -2.40. The summed E-state index contributed by atoms with van der Waals surface area (Å²) in [5, 5.41) is 11.1. The lowest BCUT2D eigenvalue weighted by molar-refractivity contribution is -0.139. The van der Waals surface area contributed by atoms with Crippen LogP contribution < -0.4 is 5.32 Å². The Labute approximate surface area is 122 Å². The molecule has 2 N–H and O–H groups in total. The number of unbranched alkanes of at least 4 members (excludes halogenated alkanes) is 7. The third-order valence-corrected chi connectivity index (χ3v) is 3.23. The van der Waals surface area contributed by atoms with Gasteiger partial charge in [-0.15, -0.1) is 0 Å². The van der Waals surface area contributed by atoms with Crippen molar-refractivity contribution in [3.63, 3.8) is 0 Å². The summed E-state index contributed by atoms with van der Waals surface area (Å²) in [6.45, 7) is 4.27. The Morgan fingerprint density at radius 1 is 1.00 bits per heavy atom. The van der Waals surface area contributed by atoms with Gasteiger partial charge in [-0.2, -0.15) is 0 Å². The number of carboxylic acids is 1. The number of carbonyl (C=O) groups is 2. The van der Waals surface area contributed by atoms with Crippen molar-refractivity contribution < 1.29 is 19.4 Å². The van der Waals surface area contributed by atoms with Crippen molar-refractivity contribution in [3.8, 4) is 0 Å². The number of carboxylic acid groups (broad SMARTS) is 1. The normalized spacial score (nSPS) is 11.9. The Hall–Kier alpha value is -1.26. The first-order valence-electron chi connectivity index (χ1n) is 7.77. The van der Waals surface area contributed by atoms with E-state index in [1.54, 1.807) is 6.92 Å². The molecule has 5 heteroatoms. The maximum Gasteiger partial charge on any atom is 0.407 e. The topological polar surface area (TPSA) is 75.6 Å². The minimum Gasteiger partial charge on any atom is -0.480 e. The molecule has 0 aliphatic carbocycles. The van der Waals surface area contributed by atoms with Gasteiger partial charge >= 0.3 is 12.1 Å². The molecule has 0 aromatic carbocycles. The fourth-order valence-corrected chi connectivity index (χ4v) is 1.92. The highest BCUT2D eigenvalue weighted by Gasteiger charge is 2.17. The van der Waals surface area contributed by atoms with E-state index < -0.39 is 18.1 Å². The van der Waals surface area contributed by atoms with E-state index in [0.29, 0.717) is 13.0 Å². The van der Waals surface area contributed by atoms with Gasteiger partial charge in [0, 0.05) is 0 Å². The summed E-state index contributed by atoms with van der Waals surface area (Å²) in [4.78, 5) is 22.0. The molecule has 20 heavy (non-hydrogen) atoms. The summed E-state index contributed by atoms with van der Waals surface area (Å²) in [5.41, 5.74) is 0. The second-order valence-corrected chi connectivity index (χ2v) is 5.05. The number of ether oxygens (including phenoxy) is 1. The molecular weight excluding hydrogens is 258 g/mol. The van der Waals surface area contributed by atoms with Crippen LogP contribution in [-0.4, -0.2) is 29.8 Å². The Morgan fingerprint density at radius 2 is 1.55 bits per heavy atom. The number of nitrogens with one attached hydrogen (secondary N) is 1. The fraction of sp³-hybridized carbons (Fsp3) is 0.867. The van der Waals surface area contributed by atoms with Gasteiger partial charge in [-0.1, -0.05) is 58.8 Å². The molecule has 0 heterocycles. The second-order valence-electron chi connectivity index (χ2n) is 5.05. The Morgan fingerprint density at radius 3 is 2.05 bits per heavy atom. The number of hydrogen-bond acceptors (Lipinski definition) is 3. The number of amides is 1. The zero-order chi connectivity index (χ0) is 15.2. The van der Waals surface area contributed by atoms with E-state index in [4.69, 9.17) is 9.84 Å². The number of carbonyl (C=O) groups excluding carboxylic acids is 1. The Bertz CT molecular complexity index is 269. The molecule has 0 unspecified atom stereocenters. The van der Waals surface area contributed by atoms with E-state index in [9.17, 15) is 9.59 Å². The van der Waals surface area contributed by atoms with Crippen molar-refractivity contribution in [3.05, 3.63) is 0 Å². The molecule has 0 aliphatic heterocycles. The molecule has 118 valence electrons. The predicted octanol–water partition coefficient (Wildman–Crippen LogP) is 3.72. The summed E-state index contributed by atoms with van der Waals surface area (Å²) in [5.74, 6) is -1.03. The highest BCUT2D eigenvalue weighted by atomic mass is 16.5. The molecule has 0 fully saturated rings. The quantitative estimate of drug-likeness (QED) is 0.536. The summed E-state index contributed by atoms with van der Waals surface area (Å²) >= 11 is 0. The fourth-order valence-electron chi connectivity index (χ4n) is 1.92. The van der Waals surface area contributed by atoms with Gasteiger partial charge in [-0.05, 0) is 12.8 Å². The van der Waals surface area contributed by atoms with Gasteiger partial charge in [-0.25, -0.2) is 9.59 Å². The maximum absolute atomic E-state index is 11.3. The molecule has 0 bridgehead atoms. The summed E-state index contributed by atoms with van der Waals surface area (Å²) in [6, 6.07) is -0.860. The first kappa shape index (κ1) is 18.7. The Balaban J connectivity index is 3.41. The van der Waals surface area contributed by atoms with E-state index in [-0.39, 0.29) is 0 Å². The minimum absolute atomic E-state index is 0.349. The number of aliphatic carboxylic acids is 1. The molecule has 0 aromatic heterocycles. The van der Waals surface area contributed by atoms with Crippen molar-refractivity contribution in [2.45, 2.75) is 77.7 Å². The zero-order valence-corrected chi connectivity index (χ0v) is 12.8. The first-order valence-corrected chi connectivity index (χ1v) is 7.77. The highest BCUT2D eigenvalue weighted by Crippen LogP contribution is 2.08. The van der Waals surface area contributed by atoms with Gasteiger partial charge < -0.3 is 15.2 Å². The van der Waals surface area contributed by atoms with Crippen molar-refractivity contribution in [1.29, 1.82) is 0 Å². The zero-order valence-electron chi connectivity index (χ0n) is 12.8. The van der Waals surface area contributed by atoms with Crippen LogP contribution in [0.5, 0.6) is 0 Å². The van der Waals surface area contributed by atoms with Crippen LogP contribution in [0.2, 0.25) is 0 Å². The molecule has 0 aromatic rings. The van der Waals surface area contributed by atoms with Gasteiger partial charge in [0.1, 0.15) is 6.04 Å². The minimum atomic E-state index is -1.03. The highest BCUT2D eigenvalue weighted by molar-refractivity contribution is 5.79. The van der Waals surface area contributed by atoms with E-state index >= 15 is 0 Å². The van der Waals surface area contributed by atoms with E-state index in [0.717, 1.165) is 12.8 Å². The number of alkyl carbamates (subject to hydrolysis) is 1. The molecule has 1 atom stereocenters. The van der Waals surface area contributed by atoms with E-state index in [1.807, 2.05) is 0 Å². The first-order chi connectivity index (χ1) is 9.61. The SMILES string of the molecule is CCCCCCCCCCOC(=O)N[C@@H](CC)C(=O)O. The average molecular weight is 287 g/mol. The smallest absolute Gasteiger partial charge is 0.407 e. The van der Waals surface area contributed by atoms with Crippen LogP contribution in [0.1, 0.15) is 71.6 Å². The Kier molecular flexibility index (Phi) is 12.0. The van der Waals surface area contributed by atoms with Gasteiger partial charge in [0.15, 0.2) is 0 Å². The summed E-state index contributed by atoms with van der Waals surface area (Å²) in [7, 11) is 0. The summed E-state index contributed by atoms with van der Waals surface area (Å²) in [6.07, 6.45) is 9.17. The predicted molar refractivity (Wildman–Crippen MR) is 78.8 cm³/mol. The third kappa shape index (κ3) is 10.6. The lowest BCUT2D eigenvalue weighted by atomic mass is 10.1. The molecule has 0 aliphatic rings. The van der Waals surface area contributed by atoms with Gasteiger partial charge in [0.2, 0.25) is 0 Å². The van der Waals surface area contributed by atoms with Crippen LogP contribution in [-0.2, 0) is 9.53 Å². The van der Waals surface area contributed by atoms with Crippen molar-refractivity contribution in [2.75, 3.05) is 6.61 Å². The molecular formula is C15H29NO4. The largest absolute Gasteiger partial charge is 0.480 e. The number of hydrogen-bond donors (Lipinski definition) is 2. The van der Waals surface area contributed by atoms with Crippen LogP contribution in [0.3, 0.4) is 0 Å². The molecule has 1 amide bonds. The lowest BCUT2D eigenvalue weighted by Gasteiger charge is -2.12. The van der Waals surface area contributed by atoms with Crippen LogP contribution in [0.15, 0.2) is 0 Å². The van der Waals surface area contributed by atoms with Crippen LogP contribution in [0, 0.1) is 0 Å².